The minimum atomic E-state index is 0.442. The van der Waals surface area contributed by atoms with Gasteiger partial charge in [-0.05, 0) is 38.3 Å². The summed E-state index contributed by atoms with van der Waals surface area (Å²) < 4.78 is 1.98. The van der Waals surface area contributed by atoms with Crippen molar-refractivity contribution in [1.82, 2.24) is 14.7 Å². The van der Waals surface area contributed by atoms with E-state index in [1.807, 2.05) is 17.9 Å². The van der Waals surface area contributed by atoms with Gasteiger partial charge in [-0.3, -0.25) is 4.68 Å². The van der Waals surface area contributed by atoms with E-state index >= 15 is 0 Å². The fourth-order valence-electron chi connectivity index (χ4n) is 2.97. The second kappa shape index (κ2) is 6.34. The fraction of sp³-hybridized carbons (Fsp3) is 0.786. The standard InChI is InChI=1S/C14H26N4/c1-3-18(14-6-4-12(15)5-7-14)11-9-13-8-10-16-17(13)2/h8,10,12,14H,3-7,9,11,15H2,1-2H3. The molecule has 1 aliphatic rings. The maximum absolute atomic E-state index is 5.98. The third-order valence-corrected chi connectivity index (χ3v) is 4.24. The average Bonchev–Trinajstić information content (AvgIpc) is 2.78. The summed E-state index contributed by atoms with van der Waals surface area (Å²) in [5.41, 5.74) is 7.30. The maximum Gasteiger partial charge on any atom is 0.0492 e. The Labute approximate surface area is 110 Å². The van der Waals surface area contributed by atoms with Gasteiger partial charge in [-0.15, -0.1) is 0 Å². The molecule has 4 nitrogen and oxygen atoms in total. The molecule has 1 saturated carbocycles. The van der Waals surface area contributed by atoms with Crippen LogP contribution in [0.3, 0.4) is 0 Å². The van der Waals surface area contributed by atoms with Gasteiger partial charge in [0.05, 0.1) is 0 Å². The number of aromatic nitrogens is 2. The Kier molecular flexibility index (Phi) is 4.78. The second-order valence-electron chi connectivity index (χ2n) is 5.39. The Balaban J connectivity index is 1.84. The molecule has 2 rings (SSSR count). The largest absolute Gasteiger partial charge is 0.328 e. The zero-order chi connectivity index (χ0) is 13.0. The van der Waals surface area contributed by atoms with Crippen LogP contribution < -0.4 is 5.73 Å². The average molecular weight is 250 g/mol. The molecular weight excluding hydrogens is 224 g/mol. The van der Waals surface area contributed by atoms with Gasteiger partial charge in [-0.1, -0.05) is 6.92 Å². The lowest BCUT2D eigenvalue weighted by atomic mass is 9.90. The molecule has 18 heavy (non-hydrogen) atoms. The molecule has 1 fully saturated rings. The second-order valence-corrected chi connectivity index (χ2v) is 5.39. The molecular formula is C14H26N4. The van der Waals surface area contributed by atoms with E-state index in [2.05, 4.69) is 23.0 Å². The lowest BCUT2D eigenvalue weighted by Gasteiger charge is -2.35. The molecule has 4 heteroatoms. The number of aryl methyl sites for hydroxylation is 1. The molecule has 1 aliphatic carbocycles. The highest BCUT2D eigenvalue weighted by molar-refractivity contribution is 5.00. The van der Waals surface area contributed by atoms with Crippen LogP contribution in [0.1, 0.15) is 38.3 Å². The first-order chi connectivity index (χ1) is 8.70. The molecule has 0 atom stereocenters. The zero-order valence-corrected chi connectivity index (χ0v) is 11.7. The third-order valence-electron chi connectivity index (χ3n) is 4.24. The molecule has 0 aromatic carbocycles. The van der Waals surface area contributed by atoms with Crippen molar-refractivity contribution < 1.29 is 0 Å². The molecule has 102 valence electrons. The van der Waals surface area contributed by atoms with Gasteiger partial charge in [0.2, 0.25) is 0 Å². The molecule has 1 aromatic heterocycles. The van der Waals surface area contributed by atoms with E-state index in [0.717, 1.165) is 25.6 Å². The van der Waals surface area contributed by atoms with Crippen molar-refractivity contribution in [2.45, 2.75) is 51.1 Å². The fourth-order valence-corrected chi connectivity index (χ4v) is 2.97. The topological polar surface area (TPSA) is 47.1 Å². The van der Waals surface area contributed by atoms with Gasteiger partial charge in [0, 0.05) is 44.0 Å². The molecule has 1 aromatic rings. The molecule has 0 radical (unpaired) electrons. The molecule has 0 amide bonds. The number of nitrogens with two attached hydrogens (primary N) is 1. The van der Waals surface area contributed by atoms with E-state index in [1.165, 1.54) is 31.4 Å². The first kappa shape index (κ1) is 13.6. The Morgan fingerprint density at radius 2 is 2.11 bits per heavy atom. The van der Waals surface area contributed by atoms with Crippen molar-refractivity contribution in [1.29, 1.82) is 0 Å². The lowest BCUT2D eigenvalue weighted by Crippen LogP contribution is -2.41. The van der Waals surface area contributed by atoms with E-state index in [4.69, 9.17) is 5.73 Å². The summed E-state index contributed by atoms with van der Waals surface area (Å²) in [6.45, 7) is 4.53. The van der Waals surface area contributed by atoms with Gasteiger partial charge in [0.15, 0.2) is 0 Å². The highest BCUT2D eigenvalue weighted by Crippen LogP contribution is 2.22. The van der Waals surface area contributed by atoms with Crippen molar-refractivity contribution in [3.63, 3.8) is 0 Å². The summed E-state index contributed by atoms with van der Waals surface area (Å²) in [4.78, 5) is 2.61. The van der Waals surface area contributed by atoms with Crippen molar-refractivity contribution in [2.75, 3.05) is 13.1 Å². The molecule has 0 saturated heterocycles. The summed E-state index contributed by atoms with van der Waals surface area (Å²) in [5.74, 6) is 0. The zero-order valence-electron chi connectivity index (χ0n) is 11.7. The van der Waals surface area contributed by atoms with Crippen LogP contribution in [0.15, 0.2) is 12.3 Å². The summed E-state index contributed by atoms with van der Waals surface area (Å²) in [7, 11) is 2.02. The number of likely N-dealkylation sites (N-methyl/N-ethyl adjacent to an activating group) is 1. The Morgan fingerprint density at radius 1 is 1.39 bits per heavy atom. The van der Waals surface area contributed by atoms with Crippen LogP contribution >= 0.6 is 0 Å². The van der Waals surface area contributed by atoms with Gasteiger partial charge in [-0.2, -0.15) is 5.10 Å². The Morgan fingerprint density at radius 3 is 2.67 bits per heavy atom. The van der Waals surface area contributed by atoms with Gasteiger partial charge in [0.1, 0.15) is 0 Å². The van der Waals surface area contributed by atoms with Crippen LogP contribution in [-0.2, 0) is 13.5 Å². The quantitative estimate of drug-likeness (QED) is 0.862. The first-order valence-electron chi connectivity index (χ1n) is 7.17. The number of hydrogen-bond donors (Lipinski definition) is 1. The van der Waals surface area contributed by atoms with E-state index in [1.54, 1.807) is 0 Å². The summed E-state index contributed by atoms with van der Waals surface area (Å²) in [6.07, 6.45) is 7.87. The van der Waals surface area contributed by atoms with E-state index in [0.29, 0.717) is 6.04 Å². The van der Waals surface area contributed by atoms with E-state index in [-0.39, 0.29) is 0 Å². The summed E-state index contributed by atoms with van der Waals surface area (Å²) in [5, 5.41) is 4.22. The highest BCUT2D eigenvalue weighted by atomic mass is 15.3. The normalized spacial score (nSPS) is 24.7. The SMILES string of the molecule is CCN(CCc1ccnn1C)C1CCC(N)CC1. The first-order valence-corrected chi connectivity index (χ1v) is 7.17. The molecule has 0 unspecified atom stereocenters. The van der Waals surface area contributed by atoms with Crippen LogP contribution in [0.2, 0.25) is 0 Å². The van der Waals surface area contributed by atoms with E-state index < -0.39 is 0 Å². The Hall–Kier alpha value is -0.870. The van der Waals surface area contributed by atoms with Gasteiger partial charge in [0.25, 0.3) is 0 Å². The lowest BCUT2D eigenvalue weighted by molar-refractivity contribution is 0.157. The number of hydrogen-bond acceptors (Lipinski definition) is 3. The minimum Gasteiger partial charge on any atom is -0.328 e. The van der Waals surface area contributed by atoms with Crippen molar-refractivity contribution in [2.24, 2.45) is 12.8 Å². The monoisotopic (exact) mass is 250 g/mol. The van der Waals surface area contributed by atoms with Crippen LogP contribution in [0.4, 0.5) is 0 Å². The van der Waals surface area contributed by atoms with Crippen LogP contribution in [-0.4, -0.2) is 39.9 Å². The van der Waals surface area contributed by atoms with Crippen molar-refractivity contribution in [3.05, 3.63) is 18.0 Å². The van der Waals surface area contributed by atoms with Crippen LogP contribution in [0.5, 0.6) is 0 Å². The minimum absolute atomic E-state index is 0.442. The highest BCUT2D eigenvalue weighted by Gasteiger charge is 2.23. The molecule has 0 spiro atoms. The van der Waals surface area contributed by atoms with Crippen molar-refractivity contribution in [3.8, 4) is 0 Å². The predicted octanol–water partition coefficient (Wildman–Crippen LogP) is 1.55. The maximum atomic E-state index is 5.98. The van der Waals surface area contributed by atoms with Crippen molar-refractivity contribution >= 4 is 0 Å². The van der Waals surface area contributed by atoms with Gasteiger partial charge >= 0.3 is 0 Å². The smallest absolute Gasteiger partial charge is 0.0492 e. The number of rotatable bonds is 5. The summed E-state index contributed by atoms with van der Waals surface area (Å²) >= 11 is 0. The third kappa shape index (κ3) is 3.33. The molecule has 1 heterocycles. The Bertz CT molecular complexity index is 352. The number of nitrogens with zero attached hydrogens (tertiary/aromatic N) is 3. The summed E-state index contributed by atoms with van der Waals surface area (Å²) in [6, 6.07) is 3.30. The van der Waals surface area contributed by atoms with Gasteiger partial charge < -0.3 is 10.6 Å². The van der Waals surface area contributed by atoms with Crippen LogP contribution in [0.25, 0.3) is 0 Å². The van der Waals surface area contributed by atoms with E-state index in [9.17, 15) is 0 Å². The molecule has 0 bridgehead atoms. The van der Waals surface area contributed by atoms with Crippen LogP contribution in [0, 0.1) is 0 Å². The molecule has 2 N–H and O–H groups in total. The molecule has 0 aliphatic heterocycles. The van der Waals surface area contributed by atoms with Gasteiger partial charge in [-0.25, -0.2) is 0 Å². The predicted molar refractivity (Wildman–Crippen MR) is 74.4 cm³/mol.